The normalized spacial score (nSPS) is 25.6. The third kappa shape index (κ3) is 9.52. The Morgan fingerprint density at radius 2 is 1.93 bits per heavy atom. The number of methoxy groups -OCH3 is 1. The number of Topliss-reactive ketones (excluding diaryl/α,β-unsaturated/α-hetero) is 1. The summed E-state index contributed by atoms with van der Waals surface area (Å²) in [6.07, 6.45) is 11.5. The number of hydrogen-bond donors (Lipinski definition) is 1. The van der Waals surface area contributed by atoms with E-state index in [0.29, 0.717) is 19.6 Å². The summed E-state index contributed by atoms with van der Waals surface area (Å²) >= 11 is 0. The van der Waals surface area contributed by atoms with Crippen molar-refractivity contribution in [2.24, 2.45) is 5.92 Å². The number of allylic oxidation sites excluding steroid dienone is 5. The molecule has 6 nitrogen and oxygen atoms in total. The number of nitrogens with one attached hydrogen (secondary N) is 1. The third-order valence-electron chi connectivity index (χ3n) is 4.81. The van der Waals surface area contributed by atoms with Crippen LogP contribution < -0.4 is 5.32 Å². The van der Waals surface area contributed by atoms with Gasteiger partial charge in [-0.1, -0.05) is 50.6 Å². The van der Waals surface area contributed by atoms with Gasteiger partial charge in [-0.05, 0) is 25.8 Å². The highest BCUT2D eigenvalue weighted by Crippen LogP contribution is 2.29. The molecule has 4 atom stereocenters. The smallest absolute Gasteiger partial charge is 0.320 e. The summed E-state index contributed by atoms with van der Waals surface area (Å²) in [5.74, 6) is -0.188. The van der Waals surface area contributed by atoms with Crippen molar-refractivity contribution in [3.63, 3.8) is 0 Å². The Balaban J connectivity index is 2.77. The van der Waals surface area contributed by atoms with Crippen LogP contribution in [0.5, 0.6) is 0 Å². The van der Waals surface area contributed by atoms with Crippen LogP contribution in [0.1, 0.15) is 47.0 Å². The Labute approximate surface area is 175 Å². The van der Waals surface area contributed by atoms with Gasteiger partial charge in [-0.2, -0.15) is 0 Å². The molecule has 0 unspecified atom stereocenters. The van der Waals surface area contributed by atoms with Gasteiger partial charge in [-0.3, -0.25) is 9.59 Å². The number of ether oxygens (including phenoxy) is 3. The molecule has 0 aromatic heterocycles. The highest BCUT2D eigenvalue weighted by atomic mass is 16.6. The van der Waals surface area contributed by atoms with E-state index in [4.69, 9.17) is 14.2 Å². The minimum atomic E-state index is -0.522. The van der Waals surface area contributed by atoms with Gasteiger partial charge in [0.2, 0.25) is 0 Å². The van der Waals surface area contributed by atoms with Crippen LogP contribution in [0.25, 0.3) is 0 Å². The molecular weight excluding hydrogens is 370 g/mol. The SMILES string of the molecule is CCC/C=C/C=C/C=C(\C)[C@@H]1OC[C@H](C)[C@H](OC)[C@H]1OC(=O)CNCCC(C)=O. The number of esters is 1. The first-order valence-corrected chi connectivity index (χ1v) is 10.4. The largest absolute Gasteiger partial charge is 0.455 e. The number of rotatable bonds is 12. The van der Waals surface area contributed by atoms with E-state index in [-0.39, 0.29) is 36.4 Å². The van der Waals surface area contributed by atoms with Crippen molar-refractivity contribution in [1.82, 2.24) is 5.32 Å². The van der Waals surface area contributed by atoms with E-state index in [0.717, 1.165) is 18.4 Å². The van der Waals surface area contributed by atoms with Crippen LogP contribution in [0.3, 0.4) is 0 Å². The van der Waals surface area contributed by atoms with Gasteiger partial charge in [-0.15, -0.1) is 0 Å². The van der Waals surface area contributed by atoms with Crippen LogP contribution in [-0.4, -0.2) is 56.9 Å². The number of carbonyl (C=O) groups excluding carboxylic acids is 2. The minimum Gasteiger partial charge on any atom is -0.455 e. The van der Waals surface area contributed by atoms with Gasteiger partial charge >= 0.3 is 5.97 Å². The predicted molar refractivity (Wildman–Crippen MR) is 115 cm³/mol. The quantitative estimate of drug-likeness (QED) is 0.304. The Morgan fingerprint density at radius 3 is 2.59 bits per heavy atom. The maximum atomic E-state index is 12.3. The second-order valence-corrected chi connectivity index (χ2v) is 7.53. The van der Waals surface area contributed by atoms with Crippen LogP contribution in [0.2, 0.25) is 0 Å². The summed E-state index contributed by atoms with van der Waals surface area (Å²) in [6.45, 7) is 8.71. The van der Waals surface area contributed by atoms with Crippen molar-refractivity contribution in [3.8, 4) is 0 Å². The first-order valence-electron chi connectivity index (χ1n) is 10.4. The van der Waals surface area contributed by atoms with Gasteiger partial charge < -0.3 is 19.5 Å². The molecule has 0 bridgehead atoms. The van der Waals surface area contributed by atoms with E-state index in [1.807, 2.05) is 38.2 Å². The summed E-state index contributed by atoms with van der Waals surface area (Å²) < 4.78 is 17.4. The van der Waals surface area contributed by atoms with E-state index >= 15 is 0 Å². The molecule has 164 valence electrons. The summed E-state index contributed by atoms with van der Waals surface area (Å²) in [7, 11) is 1.63. The van der Waals surface area contributed by atoms with Crippen LogP contribution >= 0.6 is 0 Å². The van der Waals surface area contributed by atoms with Crippen LogP contribution in [-0.2, 0) is 23.8 Å². The van der Waals surface area contributed by atoms with E-state index in [2.05, 4.69) is 18.3 Å². The van der Waals surface area contributed by atoms with Crippen LogP contribution in [0, 0.1) is 5.92 Å². The van der Waals surface area contributed by atoms with Gasteiger partial charge in [0.1, 0.15) is 18.0 Å². The van der Waals surface area contributed by atoms with E-state index in [1.54, 1.807) is 7.11 Å². The first-order chi connectivity index (χ1) is 13.9. The molecular formula is C23H37NO5. The third-order valence-corrected chi connectivity index (χ3v) is 4.81. The van der Waals surface area contributed by atoms with Gasteiger partial charge in [0.25, 0.3) is 0 Å². The highest BCUT2D eigenvalue weighted by Gasteiger charge is 2.42. The zero-order valence-corrected chi connectivity index (χ0v) is 18.5. The lowest BCUT2D eigenvalue weighted by Gasteiger charge is -2.40. The van der Waals surface area contributed by atoms with Crippen LogP contribution in [0.15, 0.2) is 36.0 Å². The molecule has 1 rings (SSSR count). The molecule has 1 saturated heterocycles. The topological polar surface area (TPSA) is 73.9 Å². The monoisotopic (exact) mass is 407 g/mol. The van der Waals surface area contributed by atoms with Crippen molar-refractivity contribution in [2.75, 3.05) is 26.8 Å². The molecule has 29 heavy (non-hydrogen) atoms. The summed E-state index contributed by atoms with van der Waals surface area (Å²) in [6, 6.07) is 0. The molecule has 0 aromatic carbocycles. The number of ketones is 1. The van der Waals surface area contributed by atoms with Crippen molar-refractivity contribution >= 4 is 11.8 Å². The fourth-order valence-corrected chi connectivity index (χ4v) is 3.18. The molecule has 0 radical (unpaired) electrons. The molecule has 1 aliphatic rings. The standard InChI is InChI=1S/C23H37NO5/c1-6-7-8-9-10-11-12-17(2)22-23(21(27-5)18(3)16-28-22)29-20(26)15-24-14-13-19(4)25/h8-12,18,21-24H,6-7,13-16H2,1-5H3/b9-8+,11-10+,17-12+/t18-,21-,22-,23+/m0/s1. The zero-order valence-electron chi connectivity index (χ0n) is 18.5. The lowest BCUT2D eigenvalue weighted by molar-refractivity contribution is -0.191. The van der Waals surface area contributed by atoms with Crippen molar-refractivity contribution in [2.45, 2.75) is 65.3 Å². The number of carbonyl (C=O) groups is 2. The summed E-state index contributed by atoms with van der Waals surface area (Å²) in [4.78, 5) is 23.3. The Morgan fingerprint density at radius 1 is 1.17 bits per heavy atom. The molecule has 0 aromatic rings. The van der Waals surface area contributed by atoms with E-state index in [1.165, 1.54) is 6.92 Å². The van der Waals surface area contributed by atoms with E-state index < -0.39 is 6.10 Å². The van der Waals surface area contributed by atoms with Crippen molar-refractivity contribution < 1.29 is 23.8 Å². The summed E-state index contributed by atoms with van der Waals surface area (Å²) in [5, 5.41) is 2.94. The fourth-order valence-electron chi connectivity index (χ4n) is 3.18. The fraction of sp³-hybridized carbons (Fsp3) is 0.652. The number of hydrogen-bond acceptors (Lipinski definition) is 6. The van der Waals surface area contributed by atoms with E-state index in [9.17, 15) is 9.59 Å². The Hall–Kier alpha value is -1.76. The highest BCUT2D eigenvalue weighted by molar-refractivity contribution is 5.76. The molecule has 1 aliphatic heterocycles. The number of unbranched alkanes of at least 4 members (excludes halogenated alkanes) is 1. The lowest BCUT2D eigenvalue weighted by Crippen LogP contribution is -2.53. The molecule has 0 saturated carbocycles. The molecule has 1 N–H and O–H groups in total. The Bertz CT molecular complexity index is 596. The molecule has 1 fully saturated rings. The molecule has 0 amide bonds. The Kier molecular flexibility index (Phi) is 12.4. The second kappa shape index (κ2) is 14.3. The maximum Gasteiger partial charge on any atom is 0.320 e. The molecule has 6 heteroatoms. The average Bonchev–Trinajstić information content (AvgIpc) is 2.68. The molecule has 0 spiro atoms. The van der Waals surface area contributed by atoms with Gasteiger partial charge in [-0.25, -0.2) is 0 Å². The van der Waals surface area contributed by atoms with Crippen molar-refractivity contribution in [3.05, 3.63) is 36.0 Å². The van der Waals surface area contributed by atoms with Gasteiger partial charge in [0.15, 0.2) is 6.10 Å². The van der Waals surface area contributed by atoms with Gasteiger partial charge in [0, 0.05) is 26.0 Å². The predicted octanol–water partition coefficient (Wildman–Crippen LogP) is 3.38. The zero-order chi connectivity index (χ0) is 21.6. The average molecular weight is 408 g/mol. The minimum absolute atomic E-state index is 0.0478. The van der Waals surface area contributed by atoms with Gasteiger partial charge in [0.05, 0.1) is 13.2 Å². The molecule has 1 heterocycles. The summed E-state index contributed by atoms with van der Waals surface area (Å²) in [5.41, 5.74) is 0.974. The first kappa shape index (κ1) is 25.3. The lowest BCUT2D eigenvalue weighted by atomic mass is 9.90. The van der Waals surface area contributed by atoms with Crippen molar-refractivity contribution in [1.29, 1.82) is 0 Å². The van der Waals surface area contributed by atoms with Crippen LogP contribution in [0.4, 0.5) is 0 Å². The second-order valence-electron chi connectivity index (χ2n) is 7.53. The maximum absolute atomic E-state index is 12.3. The molecule has 0 aliphatic carbocycles.